The van der Waals surface area contributed by atoms with Gasteiger partial charge in [-0.1, -0.05) is 24.6 Å². The Labute approximate surface area is 142 Å². The summed E-state index contributed by atoms with van der Waals surface area (Å²) >= 11 is 0. The summed E-state index contributed by atoms with van der Waals surface area (Å²) < 4.78 is 5.76. The van der Waals surface area contributed by atoms with E-state index in [0.29, 0.717) is 12.0 Å². The molecule has 5 N–H and O–H groups in total. The molecule has 0 saturated carbocycles. The van der Waals surface area contributed by atoms with Gasteiger partial charge in [-0.3, -0.25) is 4.98 Å². The minimum atomic E-state index is -1.62. The molecule has 0 aliphatic heterocycles. The molecule has 0 atom stereocenters. The Morgan fingerprint density at radius 1 is 1.17 bits per heavy atom. The van der Waals surface area contributed by atoms with Crippen molar-refractivity contribution in [1.29, 1.82) is 0 Å². The van der Waals surface area contributed by atoms with Crippen LogP contribution >= 0.6 is 0 Å². The topological polar surface area (TPSA) is 146 Å². The van der Waals surface area contributed by atoms with Crippen molar-refractivity contribution in [3.05, 3.63) is 23.1 Å². The maximum Gasteiger partial charge on any atom is 0.422 e. The fourth-order valence-corrected chi connectivity index (χ4v) is 2.84. The zero-order valence-electron chi connectivity index (χ0n) is 14.8. The fourth-order valence-electron chi connectivity index (χ4n) is 1.36. The number of aromatic nitrogens is 6. The molecule has 0 saturated heterocycles. The highest BCUT2D eigenvalue weighted by atomic mass is 28.4. The van der Waals surface area contributed by atoms with Crippen molar-refractivity contribution in [3.63, 3.8) is 0 Å². The van der Waals surface area contributed by atoms with Crippen molar-refractivity contribution in [2.75, 3.05) is 10.7 Å². The Kier molecular flexibility index (Phi) is 6.54. The molecule has 0 bridgehead atoms. The van der Waals surface area contributed by atoms with Crippen LogP contribution in [-0.4, -0.2) is 41.5 Å². The quantitative estimate of drug-likeness (QED) is 0.660. The molecule has 0 fully saturated rings. The van der Waals surface area contributed by atoms with E-state index in [1.54, 1.807) is 6.33 Å². The summed E-state index contributed by atoms with van der Waals surface area (Å²) in [4.78, 5) is 33.8. The van der Waals surface area contributed by atoms with E-state index in [9.17, 15) is 4.79 Å². The molecule has 0 aliphatic carbocycles. The largest absolute Gasteiger partial charge is 0.496 e. The van der Waals surface area contributed by atoms with Crippen LogP contribution in [0.2, 0.25) is 39.3 Å². The average molecular weight is 370 g/mol. The van der Waals surface area contributed by atoms with Gasteiger partial charge in [0.25, 0.3) is 0 Å². The standard InChI is InChI=1S/C9H20N4OSi2.C3H4N4O/c1-15(2,3)13-8-10-7-11-9(12-8)14-16(4,5)6;4-2-5-1-6-3(8)7-2/h7H,1-6H3,(H,10,11,12,13);1H,(H3,4,5,6,7,8)/p+1. The molecule has 0 unspecified atom stereocenters. The second-order valence-corrected chi connectivity index (χ2v) is 16.1. The smallest absolute Gasteiger partial charge is 0.422 e. The number of nitrogen functional groups attached to an aromatic ring is 1. The summed E-state index contributed by atoms with van der Waals surface area (Å²) in [5, 5.41) is 0. The number of hydrogen-bond acceptors (Lipinski definition) is 8. The summed E-state index contributed by atoms with van der Waals surface area (Å²) in [7, 11) is -3.03. The van der Waals surface area contributed by atoms with Gasteiger partial charge in [-0.05, 0) is 24.6 Å². The normalized spacial score (nSPS) is 11.2. The van der Waals surface area contributed by atoms with Crippen molar-refractivity contribution < 1.29 is 9.41 Å². The number of aromatic amines is 2. The van der Waals surface area contributed by atoms with Gasteiger partial charge in [-0.2, -0.15) is 4.98 Å². The second kappa shape index (κ2) is 7.96. The van der Waals surface area contributed by atoms with E-state index in [4.69, 9.17) is 10.2 Å². The molecule has 0 radical (unpaired) electrons. The van der Waals surface area contributed by atoms with Crippen molar-refractivity contribution in [2.24, 2.45) is 0 Å². The number of anilines is 2. The second-order valence-electron chi connectivity index (χ2n) is 6.92. The van der Waals surface area contributed by atoms with Gasteiger partial charge >= 0.3 is 17.6 Å². The minimum Gasteiger partial charge on any atom is -0.496 e. The summed E-state index contributed by atoms with van der Waals surface area (Å²) in [5.41, 5.74) is 4.58. The van der Waals surface area contributed by atoms with E-state index in [1.807, 2.05) is 0 Å². The number of nitrogens with two attached hydrogens (primary N) is 1. The molecule has 2 aromatic rings. The number of nitrogens with zero attached hydrogens (tertiary/aromatic N) is 4. The Bertz CT molecular complexity index is 680. The zero-order valence-corrected chi connectivity index (χ0v) is 16.8. The van der Waals surface area contributed by atoms with Gasteiger partial charge < -0.3 is 15.1 Å². The third kappa shape index (κ3) is 8.94. The lowest BCUT2D eigenvalue weighted by atomic mass is 10.9. The molecular weight excluding hydrogens is 344 g/mol. The molecule has 132 valence electrons. The first-order valence-corrected chi connectivity index (χ1v) is 14.2. The summed E-state index contributed by atoms with van der Waals surface area (Å²) in [6.45, 7) is 13.0. The highest BCUT2D eigenvalue weighted by molar-refractivity contribution is 6.79. The first kappa shape index (κ1) is 19.7. The van der Waals surface area contributed by atoms with E-state index in [-0.39, 0.29) is 5.95 Å². The Balaban J connectivity index is 0.000000300. The molecule has 0 amide bonds. The number of hydrogen-bond donors (Lipinski definition) is 3. The molecule has 2 aromatic heterocycles. The molecule has 24 heavy (non-hydrogen) atoms. The van der Waals surface area contributed by atoms with E-state index >= 15 is 0 Å². The summed E-state index contributed by atoms with van der Waals surface area (Å²) in [5.74, 6) is 0.733. The lowest BCUT2D eigenvalue weighted by Gasteiger charge is -2.16. The van der Waals surface area contributed by atoms with Crippen LogP contribution in [-0.2, 0) is 0 Å². The summed E-state index contributed by atoms with van der Waals surface area (Å²) in [6.07, 6.45) is 2.72. The Hall–Kier alpha value is -2.35. The van der Waals surface area contributed by atoms with Crippen LogP contribution in [0.1, 0.15) is 0 Å². The predicted octanol–water partition coefficient (Wildman–Crippen LogP) is 0.498. The van der Waals surface area contributed by atoms with Gasteiger partial charge in [0, 0.05) is 0 Å². The van der Waals surface area contributed by atoms with Gasteiger partial charge in [0.05, 0.1) is 0 Å². The molecule has 0 aliphatic rings. The van der Waals surface area contributed by atoms with Gasteiger partial charge in [-0.25, -0.2) is 14.8 Å². The van der Waals surface area contributed by atoms with E-state index < -0.39 is 22.2 Å². The number of H-pyrrole nitrogens is 2. The van der Waals surface area contributed by atoms with E-state index in [1.165, 1.54) is 0 Å². The molecular formula is C12H25N8O2Si2+. The fraction of sp³-hybridized carbons (Fsp3) is 0.500. The van der Waals surface area contributed by atoms with Crippen molar-refractivity contribution >= 4 is 28.4 Å². The highest BCUT2D eigenvalue weighted by Gasteiger charge is 2.23. The third-order valence-corrected chi connectivity index (χ3v) is 3.86. The lowest BCUT2D eigenvalue weighted by molar-refractivity contribution is -0.398. The number of nitrogens with one attached hydrogen (secondary N) is 3. The SMILES string of the molecule is C[Si](C)(C)Nc1nc[nH+]c(O[Si](C)(C)C)n1.Nc1ncnc(=O)[nH]1. The van der Waals surface area contributed by atoms with Crippen molar-refractivity contribution in [2.45, 2.75) is 39.3 Å². The van der Waals surface area contributed by atoms with Crippen molar-refractivity contribution in [1.82, 2.24) is 24.9 Å². The van der Waals surface area contributed by atoms with Gasteiger partial charge in [0.15, 0.2) is 8.24 Å². The van der Waals surface area contributed by atoms with Gasteiger partial charge in [0.1, 0.15) is 6.33 Å². The van der Waals surface area contributed by atoms with Crippen LogP contribution in [0.4, 0.5) is 11.9 Å². The molecule has 2 rings (SSSR count). The maximum absolute atomic E-state index is 10.2. The molecule has 12 heteroatoms. The number of rotatable bonds is 4. The molecule has 0 spiro atoms. The van der Waals surface area contributed by atoms with Crippen LogP contribution < -0.4 is 25.8 Å². The first-order valence-electron chi connectivity index (χ1n) is 7.33. The minimum absolute atomic E-state index is 0.0880. The summed E-state index contributed by atoms with van der Waals surface area (Å²) in [6, 6.07) is 0.551. The van der Waals surface area contributed by atoms with E-state index in [0.717, 1.165) is 6.33 Å². The van der Waals surface area contributed by atoms with Crippen LogP contribution in [0.25, 0.3) is 0 Å². The predicted molar refractivity (Wildman–Crippen MR) is 96.6 cm³/mol. The Morgan fingerprint density at radius 2 is 1.83 bits per heavy atom. The molecule has 0 aromatic carbocycles. The van der Waals surface area contributed by atoms with Gasteiger partial charge in [0.2, 0.25) is 20.6 Å². The van der Waals surface area contributed by atoms with Gasteiger partial charge in [-0.15, -0.1) is 0 Å². The highest BCUT2D eigenvalue weighted by Crippen LogP contribution is 2.10. The Morgan fingerprint density at radius 3 is 2.29 bits per heavy atom. The van der Waals surface area contributed by atoms with E-state index in [2.05, 4.69) is 74.2 Å². The molecule has 10 nitrogen and oxygen atoms in total. The first-order chi connectivity index (χ1) is 10.9. The van der Waals surface area contributed by atoms with Crippen LogP contribution in [0.3, 0.4) is 0 Å². The zero-order chi connectivity index (χ0) is 18.4. The van der Waals surface area contributed by atoms with Crippen molar-refractivity contribution in [3.8, 4) is 6.01 Å². The van der Waals surface area contributed by atoms with Crippen LogP contribution in [0.15, 0.2) is 17.4 Å². The average Bonchev–Trinajstić information content (AvgIpc) is 2.35. The lowest BCUT2D eigenvalue weighted by Crippen LogP contribution is -2.35. The monoisotopic (exact) mass is 369 g/mol. The maximum atomic E-state index is 10.2. The van der Waals surface area contributed by atoms with Crippen LogP contribution in [0.5, 0.6) is 6.01 Å². The molecule has 2 heterocycles. The third-order valence-electron chi connectivity index (χ3n) is 2.08. The van der Waals surface area contributed by atoms with Crippen LogP contribution in [0, 0.1) is 0 Å².